The van der Waals surface area contributed by atoms with E-state index in [1.165, 1.54) is 24.1 Å². The van der Waals surface area contributed by atoms with Gasteiger partial charge in [0.2, 0.25) is 0 Å². The molecule has 2 heterocycles. The van der Waals surface area contributed by atoms with Crippen LogP contribution in [0.4, 0.5) is 0 Å². The van der Waals surface area contributed by atoms with Crippen LogP contribution in [-0.2, 0) is 12.0 Å². The summed E-state index contributed by atoms with van der Waals surface area (Å²) in [5.41, 5.74) is 2.92. The Morgan fingerprint density at radius 3 is 2.65 bits per heavy atom. The molecule has 4 heteroatoms. The van der Waals surface area contributed by atoms with E-state index < -0.39 is 0 Å². The Bertz CT molecular complexity index is 568. The maximum atomic E-state index is 4.39. The van der Waals surface area contributed by atoms with Crippen molar-refractivity contribution in [2.75, 3.05) is 13.1 Å². The zero-order chi connectivity index (χ0) is 14.0. The van der Waals surface area contributed by atoms with E-state index in [0.717, 1.165) is 24.1 Å². The number of rotatable bonds is 3. The van der Waals surface area contributed by atoms with Crippen LogP contribution in [0.5, 0.6) is 0 Å². The predicted molar refractivity (Wildman–Crippen MR) is 84.9 cm³/mol. The summed E-state index contributed by atoms with van der Waals surface area (Å²) in [7, 11) is 0. The molecule has 1 aliphatic rings. The van der Waals surface area contributed by atoms with Crippen molar-refractivity contribution in [1.82, 2.24) is 14.9 Å². The minimum absolute atomic E-state index is 0.247. The standard InChI is InChI=1S/C16H20BrN3/c1-16(6-8-18-9-7-16)15-10-19-12-20(15)11-13-2-4-14(17)5-3-13/h2-5,10,12,18H,6-9,11H2,1H3. The van der Waals surface area contributed by atoms with Gasteiger partial charge in [-0.2, -0.15) is 0 Å². The molecule has 1 aliphatic heterocycles. The van der Waals surface area contributed by atoms with Gasteiger partial charge < -0.3 is 9.88 Å². The topological polar surface area (TPSA) is 29.9 Å². The molecule has 20 heavy (non-hydrogen) atoms. The second-order valence-corrected chi connectivity index (χ2v) is 6.76. The van der Waals surface area contributed by atoms with E-state index in [0.29, 0.717) is 0 Å². The first-order valence-corrected chi connectivity index (χ1v) is 7.92. The van der Waals surface area contributed by atoms with Crippen molar-refractivity contribution >= 4 is 15.9 Å². The molecule has 0 spiro atoms. The van der Waals surface area contributed by atoms with E-state index in [1.54, 1.807) is 0 Å². The van der Waals surface area contributed by atoms with Crippen molar-refractivity contribution in [1.29, 1.82) is 0 Å². The fourth-order valence-corrected chi connectivity index (χ4v) is 3.23. The van der Waals surface area contributed by atoms with E-state index in [-0.39, 0.29) is 5.41 Å². The quantitative estimate of drug-likeness (QED) is 0.933. The number of hydrogen-bond donors (Lipinski definition) is 1. The van der Waals surface area contributed by atoms with Crippen LogP contribution in [0.15, 0.2) is 41.3 Å². The molecule has 0 atom stereocenters. The van der Waals surface area contributed by atoms with Crippen molar-refractivity contribution in [2.24, 2.45) is 0 Å². The van der Waals surface area contributed by atoms with Gasteiger partial charge >= 0.3 is 0 Å². The molecule has 0 amide bonds. The first-order valence-electron chi connectivity index (χ1n) is 7.13. The van der Waals surface area contributed by atoms with Gasteiger partial charge in [-0.1, -0.05) is 35.0 Å². The highest BCUT2D eigenvalue weighted by molar-refractivity contribution is 9.10. The van der Waals surface area contributed by atoms with Gasteiger partial charge in [-0.3, -0.25) is 0 Å². The number of benzene rings is 1. The lowest BCUT2D eigenvalue weighted by molar-refractivity contribution is 0.318. The van der Waals surface area contributed by atoms with Gasteiger partial charge in [0.1, 0.15) is 0 Å². The Labute approximate surface area is 128 Å². The highest BCUT2D eigenvalue weighted by Gasteiger charge is 2.31. The third-order valence-electron chi connectivity index (χ3n) is 4.30. The summed E-state index contributed by atoms with van der Waals surface area (Å²) < 4.78 is 3.42. The van der Waals surface area contributed by atoms with E-state index in [9.17, 15) is 0 Å². The molecule has 1 N–H and O–H groups in total. The average Bonchev–Trinajstić information content (AvgIpc) is 2.91. The lowest BCUT2D eigenvalue weighted by Gasteiger charge is -2.34. The summed E-state index contributed by atoms with van der Waals surface area (Å²) in [6.07, 6.45) is 6.37. The predicted octanol–water partition coefficient (Wildman–Crippen LogP) is 3.34. The van der Waals surface area contributed by atoms with E-state index in [4.69, 9.17) is 0 Å². The summed E-state index contributed by atoms with van der Waals surface area (Å²) in [6.45, 7) is 5.45. The van der Waals surface area contributed by atoms with Crippen LogP contribution in [0.2, 0.25) is 0 Å². The smallest absolute Gasteiger partial charge is 0.0951 e. The molecule has 106 valence electrons. The lowest BCUT2D eigenvalue weighted by atomic mass is 9.78. The molecular weight excluding hydrogens is 314 g/mol. The monoisotopic (exact) mass is 333 g/mol. The molecule has 0 aliphatic carbocycles. The molecule has 1 aromatic heterocycles. The van der Waals surface area contributed by atoms with Crippen LogP contribution in [0, 0.1) is 0 Å². The summed E-state index contributed by atoms with van der Waals surface area (Å²) in [5, 5.41) is 3.44. The lowest BCUT2D eigenvalue weighted by Crippen LogP contribution is -2.39. The van der Waals surface area contributed by atoms with Crippen LogP contribution >= 0.6 is 15.9 Å². The molecule has 1 saturated heterocycles. The van der Waals surface area contributed by atoms with Gasteiger partial charge in [0.25, 0.3) is 0 Å². The average molecular weight is 334 g/mol. The largest absolute Gasteiger partial charge is 0.330 e. The van der Waals surface area contributed by atoms with Gasteiger partial charge in [0, 0.05) is 28.3 Å². The second kappa shape index (κ2) is 5.70. The number of piperidine rings is 1. The van der Waals surface area contributed by atoms with Crippen molar-refractivity contribution < 1.29 is 0 Å². The van der Waals surface area contributed by atoms with Crippen molar-refractivity contribution in [3.63, 3.8) is 0 Å². The van der Waals surface area contributed by atoms with Crippen LogP contribution in [0.1, 0.15) is 31.0 Å². The summed E-state index contributed by atoms with van der Waals surface area (Å²) in [6, 6.07) is 8.52. The third kappa shape index (κ3) is 2.81. The Balaban J connectivity index is 1.84. The van der Waals surface area contributed by atoms with Crippen molar-refractivity contribution in [3.05, 3.63) is 52.5 Å². The van der Waals surface area contributed by atoms with Gasteiger partial charge in [0.05, 0.1) is 6.33 Å². The number of aromatic nitrogens is 2. The molecular formula is C16H20BrN3. The third-order valence-corrected chi connectivity index (χ3v) is 4.83. The van der Waals surface area contributed by atoms with Crippen molar-refractivity contribution in [2.45, 2.75) is 31.7 Å². The highest BCUT2D eigenvalue weighted by Crippen LogP contribution is 2.32. The summed E-state index contributed by atoms with van der Waals surface area (Å²) >= 11 is 3.48. The second-order valence-electron chi connectivity index (χ2n) is 5.84. The maximum absolute atomic E-state index is 4.39. The van der Waals surface area contributed by atoms with Gasteiger partial charge in [0.15, 0.2) is 0 Å². The zero-order valence-corrected chi connectivity index (χ0v) is 13.4. The first kappa shape index (κ1) is 13.8. The van der Waals surface area contributed by atoms with Crippen LogP contribution in [0.3, 0.4) is 0 Å². The normalized spacial score (nSPS) is 18.1. The summed E-state index contributed by atoms with van der Waals surface area (Å²) in [5.74, 6) is 0. The molecule has 0 radical (unpaired) electrons. The number of halogens is 1. The SMILES string of the molecule is CC1(c2cncn2Cc2ccc(Br)cc2)CCNCC1. The molecule has 3 rings (SSSR count). The van der Waals surface area contributed by atoms with Gasteiger partial charge in [-0.25, -0.2) is 4.98 Å². The highest BCUT2D eigenvalue weighted by atomic mass is 79.9. The van der Waals surface area contributed by atoms with Crippen molar-refractivity contribution in [3.8, 4) is 0 Å². The Morgan fingerprint density at radius 1 is 1.25 bits per heavy atom. The molecule has 1 aromatic carbocycles. The molecule has 1 fully saturated rings. The van der Waals surface area contributed by atoms with E-state index in [2.05, 4.69) is 62.0 Å². The van der Waals surface area contributed by atoms with Gasteiger partial charge in [-0.05, 0) is 43.6 Å². The van der Waals surface area contributed by atoms with E-state index in [1.807, 2.05) is 12.5 Å². The Morgan fingerprint density at radius 2 is 1.95 bits per heavy atom. The molecule has 2 aromatic rings. The minimum Gasteiger partial charge on any atom is -0.330 e. The Hall–Kier alpha value is -1.13. The number of nitrogens with zero attached hydrogens (tertiary/aromatic N) is 2. The first-order chi connectivity index (χ1) is 9.67. The number of hydrogen-bond acceptors (Lipinski definition) is 2. The fourth-order valence-electron chi connectivity index (χ4n) is 2.97. The molecule has 3 nitrogen and oxygen atoms in total. The van der Waals surface area contributed by atoms with Crippen LogP contribution < -0.4 is 5.32 Å². The fraction of sp³-hybridized carbons (Fsp3) is 0.438. The Kier molecular flexibility index (Phi) is 3.94. The summed E-state index contributed by atoms with van der Waals surface area (Å²) in [4.78, 5) is 4.39. The zero-order valence-electron chi connectivity index (χ0n) is 11.8. The van der Waals surface area contributed by atoms with Crippen LogP contribution in [-0.4, -0.2) is 22.6 Å². The van der Waals surface area contributed by atoms with Crippen LogP contribution in [0.25, 0.3) is 0 Å². The van der Waals surface area contributed by atoms with Gasteiger partial charge in [-0.15, -0.1) is 0 Å². The molecule has 0 bridgehead atoms. The molecule has 0 unspecified atom stereocenters. The number of imidazole rings is 1. The van der Waals surface area contributed by atoms with E-state index >= 15 is 0 Å². The molecule has 0 saturated carbocycles. The maximum Gasteiger partial charge on any atom is 0.0951 e. The minimum atomic E-state index is 0.247. The number of nitrogens with one attached hydrogen (secondary N) is 1.